The van der Waals surface area contributed by atoms with Crippen LogP contribution >= 0.6 is 0 Å². The molecule has 0 bridgehead atoms. The monoisotopic (exact) mass is 166 g/mol. The molecule has 0 aliphatic heterocycles. The lowest BCUT2D eigenvalue weighted by Gasteiger charge is -2.10. The van der Waals surface area contributed by atoms with Crippen LogP contribution in [0.15, 0.2) is 12.4 Å². The van der Waals surface area contributed by atoms with Gasteiger partial charge in [0, 0.05) is 18.9 Å². The molecule has 1 unspecified atom stereocenters. The highest BCUT2D eigenvalue weighted by Crippen LogP contribution is 2.33. The number of aromatic nitrogens is 2. The number of hydrogen-bond donors (Lipinski definition) is 1. The Labute approximate surface area is 72.0 Å². The predicted molar refractivity (Wildman–Crippen MR) is 45.7 cm³/mol. The lowest BCUT2D eigenvalue weighted by Crippen LogP contribution is -2.18. The van der Waals surface area contributed by atoms with Gasteiger partial charge in [-0.2, -0.15) is 0 Å². The van der Waals surface area contributed by atoms with E-state index in [2.05, 4.69) is 4.98 Å². The maximum absolute atomic E-state index is 9.64. The van der Waals surface area contributed by atoms with Crippen molar-refractivity contribution in [3.8, 4) is 0 Å². The molecule has 0 radical (unpaired) electrons. The molecule has 0 spiro atoms. The molecular weight excluding hydrogens is 152 g/mol. The third-order valence-corrected chi connectivity index (χ3v) is 2.47. The molecule has 1 aromatic rings. The molecule has 0 amide bonds. The van der Waals surface area contributed by atoms with Crippen LogP contribution in [0.4, 0.5) is 0 Å². The van der Waals surface area contributed by atoms with E-state index in [-0.39, 0.29) is 6.10 Å². The average Bonchev–Trinajstić information content (AvgIpc) is 2.80. The third kappa shape index (κ3) is 1.50. The first-order valence-electron chi connectivity index (χ1n) is 4.43. The van der Waals surface area contributed by atoms with Crippen molar-refractivity contribution >= 4 is 0 Å². The molecule has 1 fully saturated rings. The fourth-order valence-electron chi connectivity index (χ4n) is 1.43. The van der Waals surface area contributed by atoms with Crippen molar-refractivity contribution in [3.05, 3.63) is 18.2 Å². The number of aliphatic hydroxyl groups excluding tert-OH is 1. The summed E-state index contributed by atoms with van der Waals surface area (Å²) in [5.74, 6) is 1.53. The van der Waals surface area contributed by atoms with Gasteiger partial charge in [0.15, 0.2) is 0 Å². The van der Waals surface area contributed by atoms with E-state index in [0.29, 0.717) is 12.5 Å². The van der Waals surface area contributed by atoms with E-state index in [0.717, 1.165) is 5.82 Å². The molecule has 12 heavy (non-hydrogen) atoms. The minimum Gasteiger partial charge on any atom is -0.391 e. The molecule has 1 aromatic heterocycles. The Bertz CT molecular complexity index is 265. The van der Waals surface area contributed by atoms with Gasteiger partial charge in [0.05, 0.1) is 6.10 Å². The highest BCUT2D eigenvalue weighted by atomic mass is 16.3. The fraction of sp³-hybridized carbons (Fsp3) is 0.667. The van der Waals surface area contributed by atoms with Crippen LogP contribution in [0.25, 0.3) is 0 Å². The Morgan fingerprint density at radius 3 is 3.00 bits per heavy atom. The van der Waals surface area contributed by atoms with Gasteiger partial charge in [0.25, 0.3) is 0 Å². The topological polar surface area (TPSA) is 38.0 Å². The zero-order valence-electron chi connectivity index (χ0n) is 7.27. The molecule has 1 N–H and O–H groups in total. The normalized spacial score (nSPS) is 19.5. The highest BCUT2D eigenvalue weighted by Gasteiger charge is 2.29. The predicted octanol–water partition coefficient (Wildman–Crippen LogP) is 0.962. The summed E-state index contributed by atoms with van der Waals surface area (Å²) in [7, 11) is 0. The lowest BCUT2D eigenvalue weighted by molar-refractivity contribution is 0.130. The van der Waals surface area contributed by atoms with Crippen molar-refractivity contribution in [2.24, 2.45) is 5.92 Å². The molecule has 1 aliphatic rings. The number of imidazole rings is 1. The van der Waals surface area contributed by atoms with Crippen molar-refractivity contribution in [1.82, 2.24) is 9.55 Å². The van der Waals surface area contributed by atoms with Gasteiger partial charge in [-0.3, -0.25) is 0 Å². The maximum Gasteiger partial charge on any atom is 0.105 e. The fourth-order valence-corrected chi connectivity index (χ4v) is 1.43. The second-order valence-electron chi connectivity index (χ2n) is 3.53. The van der Waals surface area contributed by atoms with Crippen molar-refractivity contribution in [3.63, 3.8) is 0 Å². The number of aryl methyl sites for hydroxylation is 1. The molecule has 1 aliphatic carbocycles. The zero-order valence-corrected chi connectivity index (χ0v) is 7.27. The van der Waals surface area contributed by atoms with Gasteiger partial charge in [-0.25, -0.2) is 4.98 Å². The highest BCUT2D eigenvalue weighted by molar-refractivity contribution is 4.91. The SMILES string of the molecule is Cc1nccn1CC(O)C1CC1. The first-order valence-corrected chi connectivity index (χ1v) is 4.43. The van der Waals surface area contributed by atoms with Crippen molar-refractivity contribution in [2.45, 2.75) is 32.4 Å². The number of rotatable bonds is 3. The Kier molecular flexibility index (Phi) is 1.89. The number of aliphatic hydroxyl groups is 1. The van der Waals surface area contributed by atoms with Gasteiger partial charge >= 0.3 is 0 Å². The molecule has 3 heteroatoms. The van der Waals surface area contributed by atoms with Crippen LogP contribution in [0, 0.1) is 12.8 Å². The van der Waals surface area contributed by atoms with Crippen LogP contribution in [0.3, 0.4) is 0 Å². The van der Waals surface area contributed by atoms with Crippen LogP contribution in [0.2, 0.25) is 0 Å². The molecule has 1 saturated carbocycles. The van der Waals surface area contributed by atoms with Crippen molar-refractivity contribution in [2.75, 3.05) is 0 Å². The summed E-state index contributed by atoms with van der Waals surface area (Å²) in [5.41, 5.74) is 0. The summed E-state index contributed by atoms with van der Waals surface area (Å²) in [6.07, 6.45) is 5.90. The van der Waals surface area contributed by atoms with Crippen LogP contribution < -0.4 is 0 Å². The second kappa shape index (κ2) is 2.90. The van der Waals surface area contributed by atoms with E-state index in [4.69, 9.17) is 0 Å². The van der Waals surface area contributed by atoms with E-state index >= 15 is 0 Å². The van der Waals surface area contributed by atoms with E-state index in [1.165, 1.54) is 12.8 Å². The van der Waals surface area contributed by atoms with E-state index in [1.807, 2.05) is 17.7 Å². The van der Waals surface area contributed by atoms with Gasteiger partial charge in [0.2, 0.25) is 0 Å². The molecule has 66 valence electrons. The van der Waals surface area contributed by atoms with Crippen molar-refractivity contribution < 1.29 is 5.11 Å². The van der Waals surface area contributed by atoms with Crippen LogP contribution in [-0.4, -0.2) is 20.8 Å². The molecule has 1 heterocycles. The lowest BCUT2D eigenvalue weighted by atomic mass is 10.2. The minimum absolute atomic E-state index is 0.169. The van der Waals surface area contributed by atoms with Gasteiger partial charge in [-0.05, 0) is 25.7 Å². The molecule has 0 saturated heterocycles. The third-order valence-electron chi connectivity index (χ3n) is 2.47. The van der Waals surface area contributed by atoms with E-state index in [1.54, 1.807) is 6.20 Å². The summed E-state index contributed by atoms with van der Waals surface area (Å²) in [4.78, 5) is 4.10. The van der Waals surface area contributed by atoms with E-state index in [9.17, 15) is 5.11 Å². The van der Waals surface area contributed by atoms with E-state index < -0.39 is 0 Å². The standard InChI is InChI=1S/C9H14N2O/c1-7-10-4-5-11(7)6-9(12)8-2-3-8/h4-5,8-9,12H,2-3,6H2,1H3. The Balaban J connectivity index is 1.97. The number of nitrogens with zero attached hydrogens (tertiary/aromatic N) is 2. The largest absolute Gasteiger partial charge is 0.391 e. The van der Waals surface area contributed by atoms with Crippen molar-refractivity contribution in [1.29, 1.82) is 0 Å². The second-order valence-corrected chi connectivity index (χ2v) is 3.53. The van der Waals surface area contributed by atoms with Gasteiger partial charge in [-0.1, -0.05) is 0 Å². The molecule has 2 rings (SSSR count). The molecule has 0 aromatic carbocycles. The molecule has 1 atom stereocenters. The smallest absolute Gasteiger partial charge is 0.105 e. The maximum atomic E-state index is 9.64. The summed E-state index contributed by atoms with van der Waals surface area (Å²) < 4.78 is 2.00. The Hall–Kier alpha value is -0.830. The number of hydrogen-bond acceptors (Lipinski definition) is 2. The summed E-state index contributed by atoms with van der Waals surface area (Å²) in [6.45, 7) is 2.66. The van der Waals surface area contributed by atoms with Gasteiger partial charge < -0.3 is 9.67 Å². The summed E-state index contributed by atoms with van der Waals surface area (Å²) >= 11 is 0. The zero-order chi connectivity index (χ0) is 8.55. The Morgan fingerprint density at radius 2 is 2.50 bits per heavy atom. The van der Waals surface area contributed by atoms with Crippen LogP contribution in [0.5, 0.6) is 0 Å². The quantitative estimate of drug-likeness (QED) is 0.726. The van der Waals surface area contributed by atoms with Crippen LogP contribution in [-0.2, 0) is 6.54 Å². The van der Waals surface area contributed by atoms with Crippen LogP contribution in [0.1, 0.15) is 18.7 Å². The first kappa shape index (κ1) is 7.80. The molecule has 3 nitrogen and oxygen atoms in total. The molecular formula is C9H14N2O. The Morgan fingerprint density at radius 1 is 1.75 bits per heavy atom. The first-order chi connectivity index (χ1) is 5.77. The average molecular weight is 166 g/mol. The van der Waals surface area contributed by atoms with Gasteiger partial charge in [0.1, 0.15) is 5.82 Å². The summed E-state index contributed by atoms with van der Waals surface area (Å²) in [5, 5.41) is 9.64. The summed E-state index contributed by atoms with van der Waals surface area (Å²) in [6, 6.07) is 0. The van der Waals surface area contributed by atoms with Gasteiger partial charge in [-0.15, -0.1) is 0 Å². The minimum atomic E-state index is -0.169.